The molecule has 0 aliphatic rings. The van der Waals surface area contributed by atoms with Gasteiger partial charge in [-0.3, -0.25) is 4.72 Å². The van der Waals surface area contributed by atoms with E-state index in [0.29, 0.717) is 32.9 Å². The highest BCUT2D eigenvalue weighted by atomic mass is 35.5. The van der Waals surface area contributed by atoms with Gasteiger partial charge in [-0.25, -0.2) is 9.97 Å². The number of benzene rings is 1. The molecular formula is C20H19ClF3N5O2S. The molecule has 1 aromatic carbocycles. The van der Waals surface area contributed by atoms with E-state index in [-0.39, 0.29) is 5.82 Å². The predicted octanol–water partition coefficient (Wildman–Crippen LogP) is 4.72. The number of pyridine rings is 2. The Hall–Kier alpha value is -2.89. The SMILES string of the molecule is Cc1cc2c(/C=C\NS(=O)(=O)N(C)C)ccc(Cl)c2nc1Nc1cc(C(F)(F)F)ccn1. The van der Waals surface area contributed by atoms with Gasteiger partial charge in [0.2, 0.25) is 0 Å². The second kappa shape index (κ2) is 8.93. The van der Waals surface area contributed by atoms with Crippen LogP contribution in [0.2, 0.25) is 5.02 Å². The molecule has 0 unspecified atom stereocenters. The first-order chi connectivity index (χ1) is 14.9. The van der Waals surface area contributed by atoms with Crippen LogP contribution >= 0.6 is 11.6 Å². The molecule has 2 aromatic heterocycles. The summed E-state index contributed by atoms with van der Waals surface area (Å²) < 4.78 is 65.9. The van der Waals surface area contributed by atoms with E-state index < -0.39 is 21.9 Å². The highest BCUT2D eigenvalue weighted by Crippen LogP contribution is 2.32. The Balaban J connectivity index is 1.97. The van der Waals surface area contributed by atoms with E-state index in [2.05, 4.69) is 20.0 Å². The lowest BCUT2D eigenvalue weighted by Crippen LogP contribution is -2.32. The maximum atomic E-state index is 13.0. The van der Waals surface area contributed by atoms with Crippen molar-refractivity contribution in [3.8, 4) is 0 Å². The lowest BCUT2D eigenvalue weighted by atomic mass is 10.1. The van der Waals surface area contributed by atoms with Crippen molar-refractivity contribution in [3.05, 3.63) is 64.4 Å². The molecule has 2 N–H and O–H groups in total. The predicted molar refractivity (Wildman–Crippen MR) is 119 cm³/mol. The maximum absolute atomic E-state index is 13.0. The topological polar surface area (TPSA) is 87.2 Å². The molecule has 0 aliphatic heterocycles. The van der Waals surface area contributed by atoms with Crippen LogP contribution in [0.1, 0.15) is 16.7 Å². The fraction of sp³-hybridized carbons (Fsp3) is 0.200. The summed E-state index contributed by atoms with van der Waals surface area (Å²) in [5.74, 6) is 0.278. The molecule has 2 heterocycles. The number of alkyl halides is 3. The highest BCUT2D eigenvalue weighted by Gasteiger charge is 2.30. The number of nitrogens with zero attached hydrogens (tertiary/aromatic N) is 3. The van der Waals surface area contributed by atoms with Crippen LogP contribution in [0.5, 0.6) is 0 Å². The first kappa shape index (κ1) is 23.8. The Labute approximate surface area is 188 Å². The van der Waals surface area contributed by atoms with Crippen molar-refractivity contribution in [1.82, 2.24) is 19.0 Å². The Morgan fingerprint density at radius 3 is 2.53 bits per heavy atom. The molecule has 0 radical (unpaired) electrons. The number of hydrogen-bond acceptors (Lipinski definition) is 5. The molecule has 0 atom stereocenters. The molecule has 170 valence electrons. The standard InChI is InChI=1S/C20H19ClF3N5O2S/c1-12-10-15-13(6-9-26-32(30,31)29(2)3)4-5-16(21)18(15)28-19(12)27-17-11-14(7-8-25-17)20(22,23)24/h4-11,26H,1-3H3,(H,25,27,28)/b9-6-. The lowest BCUT2D eigenvalue weighted by Gasteiger charge is -2.13. The van der Waals surface area contributed by atoms with E-state index in [1.54, 1.807) is 31.2 Å². The quantitative estimate of drug-likeness (QED) is 0.527. The molecule has 0 saturated carbocycles. The summed E-state index contributed by atoms with van der Waals surface area (Å²) in [7, 11) is -0.840. The monoisotopic (exact) mass is 485 g/mol. The summed E-state index contributed by atoms with van der Waals surface area (Å²) in [6.07, 6.45) is -0.593. The van der Waals surface area contributed by atoms with E-state index in [0.717, 1.165) is 22.6 Å². The van der Waals surface area contributed by atoms with Crippen molar-refractivity contribution in [2.24, 2.45) is 0 Å². The Kier molecular flexibility index (Phi) is 6.63. The average molecular weight is 486 g/mol. The number of nitrogens with one attached hydrogen (secondary N) is 2. The van der Waals surface area contributed by atoms with Crippen molar-refractivity contribution in [2.75, 3.05) is 19.4 Å². The fourth-order valence-electron chi connectivity index (χ4n) is 2.73. The van der Waals surface area contributed by atoms with Crippen molar-refractivity contribution in [2.45, 2.75) is 13.1 Å². The van der Waals surface area contributed by atoms with E-state index >= 15 is 0 Å². The van der Waals surface area contributed by atoms with Gasteiger partial charge in [-0.05, 0) is 48.4 Å². The van der Waals surface area contributed by atoms with E-state index in [9.17, 15) is 21.6 Å². The molecule has 0 amide bonds. The summed E-state index contributed by atoms with van der Waals surface area (Å²) in [4.78, 5) is 8.38. The van der Waals surface area contributed by atoms with Crippen LogP contribution in [0, 0.1) is 6.92 Å². The van der Waals surface area contributed by atoms with Gasteiger partial charge in [0.1, 0.15) is 11.6 Å². The number of rotatable bonds is 6. The molecule has 0 aliphatic carbocycles. The third-order valence-corrected chi connectivity index (χ3v) is 6.15. The zero-order valence-corrected chi connectivity index (χ0v) is 18.8. The third kappa shape index (κ3) is 5.29. The highest BCUT2D eigenvalue weighted by molar-refractivity contribution is 7.87. The molecule has 0 bridgehead atoms. The number of halogens is 4. The third-order valence-electron chi connectivity index (χ3n) is 4.45. The van der Waals surface area contributed by atoms with Gasteiger partial charge < -0.3 is 5.32 Å². The normalized spacial score (nSPS) is 12.6. The van der Waals surface area contributed by atoms with Crippen LogP contribution in [0.15, 0.2) is 42.7 Å². The molecule has 0 fully saturated rings. The minimum atomic E-state index is -4.50. The van der Waals surface area contributed by atoms with Gasteiger partial charge in [0.05, 0.1) is 16.1 Å². The summed E-state index contributed by atoms with van der Waals surface area (Å²) >= 11 is 6.29. The summed E-state index contributed by atoms with van der Waals surface area (Å²) in [5.41, 5.74) is 0.830. The van der Waals surface area contributed by atoms with E-state index in [1.165, 1.54) is 20.3 Å². The van der Waals surface area contributed by atoms with Crippen LogP contribution in [0.25, 0.3) is 17.0 Å². The smallest absolute Gasteiger partial charge is 0.325 e. The van der Waals surface area contributed by atoms with Crippen LogP contribution in [-0.2, 0) is 16.4 Å². The summed E-state index contributed by atoms with van der Waals surface area (Å²) in [5, 5.41) is 3.76. The van der Waals surface area contributed by atoms with Crippen LogP contribution in [-0.4, -0.2) is 36.8 Å². The summed E-state index contributed by atoms with van der Waals surface area (Å²) in [6.45, 7) is 1.73. The summed E-state index contributed by atoms with van der Waals surface area (Å²) in [6, 6.07) is 6.82. The Morgan fingerprint density at radius 1 is 1.16 bits per heavy atom. The molecule has 3 aromatic rings. The number of anilines is 2. The molecule has 12 heteroatoms. The first-order valence-corrected chi connectivity index (χ1v) is 11.0. The van der Waals surface area contributed by atoms with Gasteiger partial charge in [0.25, 0.3) is 0 Å². The van der Waals surface area contributed by atoms with Crippen molar-refractivity contribution in [3.63, 3.8) is 0 Å². The van der Waals surface area contributed by atoms with Gasteiger partial charge in [0.15, 0.2) is 0 Å². The zero-order valence-electron chi connectivity index (χ0n) is 17.2. The van der Waals surface area contributed by atoms with Crippen molar-refractivity contribution in [1.29, 1.82) is 0 Å². The Bertz CT molecular complexity index is 1290. The maximum Gasteiger partial charge on any atom is 0.416 e. The molecule has 0 spiro atoms. The van der Waals surface area contributed by atoms with Crippen LogP contribution < -0.4 is 10.0 Å². The van der Waals surface area contributed by atoms with E-state index in [1.807, 2.05) is 0 Å². The Morgan fingerprint density at radius 2 is 1.88 bits per heavy atom. The average Bonchev–Trinajstić information content (AvgIpc) is 2.70. The number of aryl methyl sites for hydroxylation is 1. The molecule has 7 nitrogen and oxygen atoms in total. The van der Waals surface area contributed by atoms with E-state index in [4.69, 9.17) is 11.6 Å². The minimum absolute atomic E-state index is 0.0139. The minimum Gasteiger partial charge on any atom is -0.325 e. The molecular weight excluding hydrogens is 467 g/mol. The number of hydrogen-bond donors (Lipinski definition) is 2. The number of fused-ring (bicyclic) bond motifs is 1. The van der Waals surface area contributed by atoms with Crippen LogP contribution in [0.4, 0.5) is 24.8 Å². The number of aromatic nitrogens is 2. The van der Waals surface area contributed by atoms with Crippen LogP contribution in [0.3, 0.4) is 0 Å². The molecule has 0 saturated heterocycles. The molecule has 32 heavy (non-hydrogen) atoms. The van der Waals surface area contributed by atoms with Crippen molar-refractivity contribution >= 4 is 50.4 Å². The van der Waals surface area contributed by atoms with Gasteiger partial charge in [0, 0.05) is 31.9 Å². The van der Waals surface area contributed by atoms with Gasteiger partial charge in [-0.2, -0.15) is 25.9 Å². The first-order valence-electron chi connectivity index (χ1n) is 9.15. The van der Waals surface area contributed by atoms with Gasteiger partial charge in [-0.15, -0.1) is 0 Å². The zero-order chi connectivity index (χ0) is 23.7. The lowest BCUT2D eigenvalue weighted by molar-refractivity contribution is -0.137. The van der Waals surface area contributed by atoms with Gasteiger partial charge in [-0.1, -0.05) is 17.7 Å². The second-order valence-corrected chi connectivity index (χ2v) is 9.30. The fourth-order valence-corrected chi connectivity index (χ4v) is 3.39. The van der Waals surface area contributed by atoms with Crippen molar-refractivity contribution < 1.29 is 21.6 Å². The second-order valence-electron chi connectivity index (χ2n) is 6.98. The largest absolute Gasteiger partial charge is 0.416 e. The van der Waals surface area contributed by atoms with Gasteiger partial charge >= 0.3 is 16.4 Å². The molecule has 3 rings (SSSR count).